The fourth-order valence-electron chi connectivity index (χ4n) is 2.89. The van der Waals surface area contributed by atoms with Gasteiger partial charge in [-0.1, -0.05) is 29.8 Å². The molecule has 2 fully saturated rings. The minimum Gasteiger partial charge on any atom is -0.341 e. The SMILES string of the molecule is Cc1ccc(CN2CCCN(C(=O)C3CC3)CC2)cc1. The van der Waals surface area contributed by atoms with Crippen LogP contribution in [-0.2, 0) is 11.3 Å². The Labute approximate surface area is 121 Å². The summed E-state index contributed by atoms with van der Waals surface area (Å²) in [6, 6.07) is 8.78. The Hall–Kier alpha value is -1.35. The van der Waals surface area contributed by atoms with Gasteiger partial charge in [0.25, 0.3) is 0 Å². The molecular formula is C17H24N2O. The van der Waals surface area contributed by atoms with E-state index in [2.05, 4.69) is 41.0 Å². The van der Waals surface area contributed by atoms with Gasteiger partial charge >= 0.3 is 0 Å². The van der Waals surface area contributed by atoms with Crippen LogP contribution in [0.5, 0.6) is 0 Å². The molecule has 2 aliphatic rings. The van der Waals surface area contributed by atoms with Crippen molar-refractivity contribution in [3.05, 3.63) is 35.4 Å². The summed E-state index contributed by atoms with van der Waals surface area (Å²) in [5, 5.41) is 0. The predicted molar refractivity (Wildman–Crippen MR) is 80.4 cm³/mol. The van der Waals surface area contributed by atoms with Gasteiger partial charge in [-0.05, 0) is 31.7 Å². The van der Waals surface area contributed by atoms with Crippen LogP contribution in [0, 0.1) is 12.8 Å². The van der Waals surface area contributed by atoms with Crippen molar-refractivity contribution in [2.45, 2.75) is 32.7 Å². The summed E-state index contributed by atoms with van der Waals surface area (Å²) in [4.78, 5) is 16.7. The maximum Gasteiger partial charge on any atom is 0.225 e. The fourth-order valence-corrected chi connectivity index (χ4v) is 2.89. The zero-order valence-electron chi connectivity index (χ0n) is 12.3. The number of carbonyl (C=O) groups excluding carboxylic acids is 1. The molecule has 1 aromatic rings. The normalized spacial score (nSPS) is 20.8. The van der Waals surface area contributed by atoms with E-state index in [9.17, 15) is 4.79 Å². The van der Waals surface area contributed by atoms with Crippen LogP contribution in [0.25, 0.3) is 0 Å². The molecule has 3 rings (SSSR count). The van der Waals surface area contributed by atoms with E-state index in [0.717, 1.165) is 52.0 Å². The monoisotopic (exact) mass is 272 g/mol. The third-order valence-electron chi connectivity index (χ3n) is 4.35. The Morgan fingerprint density at radius 1 is 1.10 bits per heavy atom. The molecule has 0 atom stereocenters. The summed E-state index contributed by atoms with van der Waals surface area (Å²) >= 11 is 0. The molecule has 0 aromatic heterocycles. The molecule has 1 amide bonds. The van der Waals surface area contributed by atoms with Crippen molar-refractivity contribution in [3.8, 4) is 0 Å². The molecule has 1 saturated carbocycles. The van der Waals surface area contributed by atoms with Crippen LogP contribution < -0.4 is 0 Å². The van der Waals surface area contributed by atoms with E-state index in [-0.39, 0.29) is 0 Å². The molecule has 108 valence electrons. The van der Waals surface area contributed by atoms with Crippen LogP contribution in [0.1, 0.15) is 30.4 Å². The largest absolute Gasteiger partial charge is 0.341 e. The maximum atomic E-state index is 12.1. The summed E-state index contributed by atoms with van der Waals surface area (Å²) in [6.45, 7) is 7.08. The van der Waals surface area contributed by atoms with Crippen molar-refractivity contribution in [2.75, 3.05) is 26.2 Å². The topological polar surface area (TPSA) is 23.6 Å². The van der Waals surface area contributed by atoms with Gasteiger partial charge in [0.05, 0.1) is 0 Å². The zero-order chi connectivity index (χ0) is 13.9. The van der Waals surface area contributed by atoms with Gasteiger partial charge in [-0.25, -0.2) is 0 Å². The lowest BCUT2D eigenvalue weighted by atomic mass is 10.1. The Bertz CT molecular complexity index is 464. The minimum absolute atomic E-state index is 0.360. The molecule has 0 spiro atoms. The lowest BCUT2D eigenvalue weighted by Gasteiger charge is -2.22. The molecule has 3 heteroatoms. The summed E-state index contributed by atoms with van der Waals surface area (Å²) < 4.78 is 0. The van der Waals surface area contributed by atoms with E-state index in [1.165, 1.54) is 11.1 Å². The Morgan fingerprint density at radius 2 is 1.85 bits per heavy atom. The van der Waals surface area contributed by atoms with Gasteiger partial charge in [0.15, 0.2) is 0 Å². The molecule has 1 aromatic carbocycles. The summed E-state index contributed by atoms with van der Waals surface area (Å²) in [5.74, 6) is 0.765. The van der Waals surface area contributed by atoms with E-state index < -0.39 is 0 Å². The highest BCUT2D eigenvalue weighted by Gasteiger charge is 2.33. The van der Waals surface area contributed by atoms with Gasteiger partial charge < -0.3 is 4.90 Å². The number of rotatable bonds is 3. The predicted octanol–water partition coefficient (Wildman–Crippen LogP) is 2.44. The molecule has 1 aliphatic carbocycles. The van der Waals surface area contributed by atoms with Crippen molar-refractivity contribution >= 4 is 5.91 Å². The van der Waals surface area contributed by atoms with E-state index >= 15 is 0 Å². The number of amides is 1. The number of carbonyl (C=O) groups is 1. The maximum absolute atomic E-state index is 12.1. The first-order valence-electron chi connectivity index (χ1n) is 7.79. The summed E-state index contributed by atoms with van der Waals surface area (Å²) in [7, 11) is 0. The molecule has 0 unspecified atom stereocenters. The van der Waals surface area contributed by atoms with Gasteiger partial charge in [-0.2, -0.15) is 0 Å². The Morgan fingerprint density at radius 3 is 2.55 bits per heavy atom. The van der Waals surface area contributed by atoms with Crippen molar-refractivity contribution in [3.63, 3.8) is 0 Å². The number of hydrogen-bond donors (Lipinski definition) is 0. The summed E-state index contributed by atoms with van der Waals surface area (Å²) in [6.07, 6.45) is 3.33. The van der Waals surface area contributed by atoms with E-state index in [4.69, 9.17) is 0 Å². The molecule has 20 heavy (non-hydrogen) atoms. The average Bonchev–Trinajstić information content (AvgIpc) is 3.27. The first-order chi connectivity index (χ1) is 9.72. The molecule has 0 bridgehead atoms. The third-order valence-corrected chi connectivity index (χ3v) is 4.35. The molecule has 3 nitrogen and oxygen atoms in total. The highest BCUT2D eigenvalue weighted by Crippen LogP contribution is 2.31. The number of benzene rings is 1. The third kappa shape index (κ3) is 3.40. The lowest BCUT2D eigenvalue weighted by molar-refractivity contribution is -0.132. The highest BCUT2D eigenvalue weighted by atomic mass is 16.2. The first-order valence-corrected chi connectivity index (χ1v) is 7.79. The van der Waals surface area contributed by atoms with Crippen LogP contribution in [0.15, 0.2) is 24.3 Å². The van der Waals surface area contributed by atoms with Crippen molar-refractivity contribution < 1.29 is 4.79 Å². The zero-order valence-corrected chi connectivity index (χ0v) is 12.3. The lowest BCUT2D eigenvalue weighted by Crippen LogP contribution is -2.35. The smallest absolute Gasteiger partial charge is 0.225 e. The number of nitrogens with zero attached hydrogens (tertiary/aromatic N) is 2. The van der Waals surface area contributed by atoms with E-state index in [1.807, 2.05) is 0 Å². The Kier molecular flexibility index (Phi) is 4.06. The second-order valence-corrected chi connectivity index (χ2v) is 6.21. The molecule has 1 heterocycles. The minimum atomic E-state index is 0.360. The van der Waals surface area contributed by atoms with E-state index in [1.54, 1.807) is 0 Å². The Balaban J connectivity index is 1.54. The van der Waals surface area contributed by atoms with Crippen LogP contribution in [0.4, 0.5) is 0 Å². The van der Waals surface area contributed by atoms with Gasteiger partial charge in [0.2, 0.25) is 5.91 Å². The fraction of sp³-hybridized carbons (Fsp3) is 0.588. The summed E-state index contributed by atoms with van der Waals surface area (Å²) in [5.41, 5.74) is 2.68. The molecule has 1 saturated heterocycles. The van der Waals surface area contributed by atoms with Gasteiger partial charge in [-0.3, -0.25) is 9.69 Å². The van der Waals surface area contributed by atoms with Crippen molar-refractivity contribution in [2.24, 2.45) is 5.92 Å². The second kappa shape index (κ2) is 5.96. The molecular weight excluding hydrogens is 248 g/mol. The van der Waals surface area contributed by atoms with Crippen molar-refractivity contribution in [1.29, 1.82) is 0 Å². The van der Waals surface area contributed by atoms with Gasteiger partial charge in [0.1, 0.15) is 0 Å². The van der Waals surface area contributed by atoms with Gasteiger partial charge in [0, 0.05) is 38.6 Å². The standard InChI is InChI=1S/C17H24N2O/c1-14-3-5-15(6-4-14)13-18-9-2-10-19(12-11-18)17(20)16-7-8-16/h3-6,16H,2,7-13H2,1H3. The van der Waals surface area contributed by atoms with Crippen molar-refractivity contribution in [1.82, 2.24) is 9.80 Å². The second-order valence-electron chi connectivity index (χ2n) is 6.21. The van der Waals surface area contributed by atoms with E-state index in [0.29, 0.717) is 11.8 Å². The van der Waals surface area contributed by atoms with Crippen LogP contribution >= 0.6 is 0 Å². The number of hydrogen-bond acceptors (Lipinski definition) is 2. The molecule has 0 radical (unpaired) electrons. The first kappa shape index (κ1) is 13.6. The van der Waals surface area contributed by atoms with Crippen LogP contribution in [-0.4, -0.2) is 41.9 Å². The van der Waals surface area contributed by atoms with Crippen LogP contribution in [0.3, 0.4) is 0 Å². The van der Waals surface area contributed by atoms with Crippen LogP contribution in [0.2, 0.25) is 0 Å². The van der Waals surface area contributed by atoms with Gasteiger partial charge in [-0.15, -0.1) is 0 Å². The quantitative estimate of drug-likeness (QED) is 0.844. The highest BCUT2D eigenvalue weighted by molar-refractivity contribution is 5.81. The average molecular weight is 272 g/mol. The molecule has 1 aliphatic heterocycles. The number of aryl methyl sites for hydroxylation is 1. The molecule has 0 N–H and O–H groups in total.